The lowest BCUT2D eigenvalue weighted by Crippen LogP contribution is -2.15. The summed E-state index contributed by atoms with van der Waals surface area (Å²) in [7, 11) is 0. The van der Waals surface area contributed by atoms with Crippen molar-refractivity contribution in [2.45, 2.75) is 20.8 Å². The summed E-state index contributed by atoms with van der Waals surface area (Å²) in [5.41, 5.74) is 2.86. The molecule has 0 aromatic carbocycles. The highest BCUT2D eigenvalue weighted by Crippen LogP contribution is 2.03. The molecule has 0 amide bonds. The molecule has 114 valence electrons. The molecule has 0 aliphatic carbocycles. The molecule has 0 unspecified atom stereocenters. The van der Waals surface area contributed by atoms with Gasteiger partial charge in [0.2, 0.25) is 0 Å². The zero-order valence-corrected chi connectivity index (χ0v) is 13.1. The average Bonchev–Trinajstić information content (AvgIpc) is 2.90. The number of pyridine rings is 1. The second-order valence-corrected chi connectivity index (χ2v) is 4.86. The smallest absolute Gasteiger partial charge is 0.155 e. The van der Waals surface area contributed by atoms with Gasteiger partial charge < -0.3 is 4.90 Å². The van der Waals surface area contributed by atoms with Gasteiger partial charge >= 0.3 is 0 Å². The van der Waals surface area contributed by atoms with Crippen molar-refractivity contribution in [2.75, 3.05) is 6.67 Å². The van der Waals surface area contributed by atoms with E-state index >= 15 is 0 Å². The molecule has 0 radical (unpaired) electrons. The Morgan fingerprint density at radius 3 is 2.82 bits per heavy atom. The molecule has 3 rings (SSSR count). The number of hydrogen-bond acceptors (Lipinski definition) is 5. The van der Waals surface area contributed by atoms with E-state index in [-0.39, 0.29) is 0 Å². The molecule has 3 heterocycles. The zero-order chi connectivity index (χ0) is 15.9. The van der Waals surface area contributed by atoms with Gasteiger partial charge in [0, 0.05) is 24.3 Å². The molecule has 6 heteroatoms. The van der Waals surface area contributed by atoms with Gasteiger partial charge in [-0.2, -0.15) is 5.10 Å². The first-order chi connectivity index (χ1) is 10.6. The van der Waals surface area contributed by atoms with Crippen LogP contribution in [-0.4, -0.2) is 38.6 Å². The third-order valence-corrected chi connectivity index (χ3v) is 2.94. The van der Waals surface area contributed by atoms with Crippen LogP contribution in [0.5, 0.6) is 0 Å². The van der Waals surface area contributed by atoms with Gasteiger partial charge in [-0.25, -0.2) is 9.50 Å². The van der Waals surface area contributed by atoms with Crippen LogP contribution < -0.4 is 0 Å². The largest absolute Gasteiger partial charge is 0.333 e. The standard InChI is InChI=1S/C9H13N3.C7H7N3/c1-8-4-5-12(7-11-8)6-9(2)10-3;1-6-8-7-4-2-3-5-10(7)9-6/h4-6H,3,7H2,1-2H3;2-5H,1H3/b9-6-;. The van der Waals surface area contributed by atoms with Crippen LogP contribution in [0.15, 0.2) is 58.6 Å². The predicted octanol–water partition coefficient (Wildman–Crippen LogP) is 2.83. The van der Waals surface area contributed by atoms with Crippen molar-refractivity contribution < 1.29 is 0 Å². The number of rotatable bonds is 2. The Morgan fingerprint density at radius 2 is 2.18 bits per heavy atom. The van der Waals surface area contributed by atoms with E-state index in [9.17, 15) is 0 Å². The summed E-state index contributed by atoms with van der Waals surface area (Å²) in [4.78, 5) is 14.2. The molecular weight excluding hydrogens is 276 g/mol. The normalized spacial score (nSPS) is 14.4. The third-order valence-electron chi connectivity index (χ3n) is 2.94. The summed E-state index contributed by atoms with van der Waals surface area (Å²) in [6.45, 7) is 9.88. The number of fused-ring (bicyclic) bond motifs is 1. The summed E-state index contributed by atoms with van der Waals surface area (Å²) in [5.74, 6) is 0.811. The highest BCUT2D eigenvalue weighted by molar-refractivity contribution is 5.93. The molecule has 0 bridgehead atoms. The molecule has 0 N–H and O–H groups in total. The van der Waals surface area contributed by atoms with Gasteiger partial charge in [0.05, 0.1) is 5.70 Å². The topological polar surface area (TPSA) is 58.2 Å². The Morgan fingerprint density at radius 1 is 1.36 bits per heavy atom. The van der Waals surface area contributed by atoms with Crippen molar-refractivity contribution in [2.24, 2.45) is 9.98 Å². The van der Waals surface area contributed by atoms with Crippen LogP contribution in [0.1, 0.15) is 19.7 Å². The molecule has 0 atom stereocenters. The van der Waals surface area contributed by atoms with Gasteiger partial charge in [0.15, 0.2) is 5.65 Å². The molecule has 0 fully saturated rings. The van der Waals surface area contributed by atoms with E-state index in [0.29, 0.717) is 6.67 Å². The van der Waals surface area contributed by atoms with Crippen LogP contribution in [0.3, 0.4) is 0 Å². The molecule has 0 saturated carbocycles. The Kier molecular flexibility index (Phi) is 5.19. The van der Waals surface area contributed by atoms with E-state index in [1.165, 1.54) is 0 Å². The molecule has 1 aliphatic heterocycles. The van der Waals surface area contributed by atoms with Crippen molar-refractivity contribution in [3.05, 3.63) is 54.4 Å². The first-order valence-electron chi connectivity index (χ1n) is 6.96. The molecule has 0 spiro atoms. The minimum atomic E-state index is 0.676. The van der Waals surface area contributed by atoms with Crippen molar-refractivity contribution in [1.82, 2.24) is 19.5 Å². The number of aliphatic imine (C=N–C) groups is 2. The summed E-state index contributed by atoms with van der Waals surface area (Å²) < 4.78 is 1.76. The minimum Gasteiger partial charge on any atom is -0.333 e. The lowest BCUT2D eigenvalue weighted by Gasteiger charge is -2.16. The molecule has 22 heavy (non-hydrogen) atoms. The summed E-state index contributed by atoms with van der Waals surface area (Å²) in [6, 6.07) is 5.81. The molecule has 2 aromatic heterocycles. The van der Waals surface area contributed by atoms with E-state index in [1.807, 2.05) is 68.5 Å². The monoisotopic (exact) mass is 296 g/mol. The first kappa shape index (κ1) is 15.6. The van der Waals surface area contributed by atoms with E-state index in [0.717, 1.165) is 22.9 Å². The summed E-state index contributed by atoms with van der Waals surface area (Å²) in [6.07, 6.45) is 7.75. The Labute approximate surface area is 130 Å². The van der Waals surface area contributed by atoms with Crippen LogP contribution in [0.2, 0.25) is 0 Å². The van der Waals surface area contributed by atoms with E-state index in [2.05, 4.69) is 26.8 Å². The number of nitrogens with zero attached hydrogens (tertiary/aromatic N) is 6. The second-order valence-electron chi connectivity index (χ2n) is 4.86. The lowest BCUT2D eigenvalue weighted by molar-refractivity contribution is 0.514. The molecular formula is C16H20N6. The average molecular weight is 296 g/mol. The number of aryl methyl sites for hydroxylation is 1. The lowest BCUT2D eigenvalue weighted by atomic mass is 10.3. The molecule has 1 aliphatic rings. The van der Waals surface area contributed by atoms with Gasteiger partial charge in [-0.05, 0) is 45.7 Å². The van der Waals surface area contributed by atoms with Crippen LogP contribution in [0.25, 0.3) is 5.65 Å². The van der Waals surface area contributed by atoms with Crippen molar-refractivity contribution in [3.8, 4) is 0 Å². The fraction of sp³-hybridized carbons (Fsp3) is 0.250. The zero-order valence-electron chi connectivity index (χ0n) is 13.1. The molecule has 2 aromatic rings. The Balaban J connectivity index is 0.000000162. The summed E-state index contributed by atoms with van der Waals surface area (Å²) >= 11 is 0. The Hall–Kier alpha value is -2.76. The van der Waals surface area contributed by atoms with Crippen molar-refractivity contribution >= 4 is 18.1 Å². The van der Waals surface area contributed by atoms with E-state index in [4.69, 9.17) is 0 Å². The number of allylic oxidation sites excluding steroid dienone is 2. The quantitative estimate of drug-likeness (QED) is 0.801. The Bertz CT molecular complexity index is 705. The molecule has 6 nitrogen and oxygen atoms in total. The van der Waals surface area contributed by atoms with Gasteiger partial charge in [0.25, 0.3) is 0 Å². The SMILES string of the molecule is C=N/C(C)=C\N1C=CC(C)=NC1.Cc1nc2ccccn2n1. The van der Waals surface area contributed by atoms with Crippen LogP contribution in [-0.2, 0) is 0 Å². The number of hydrogen-bond donors (Lipinski definition) is 0. The predicted molar refractivity (Wildman–Crippen MR) is 90.0 cm³/mol. The fourth-order valence-corrected chi connectivity index (χ4v) is 1.80. The van der Waals surface area contributed by atoms with Crippen molar-refractivity contribution in [3.63, 3.8) is 0 Å². The van der Waals surface area contributed by atoms with Gasteiger partial charge in [0.1, 0.15) is 12.5 Å². The minimum absolute atomic E-state index is 0.676. The van der Waals surface area contributed by atoms with Crippen LogP contribution >= 0.6 is 0 Å². The molecule has 0 saturated heterocycles. The highest BCUT2D eigenvalue weighted by atomic mass is 15.3. The number of aromatic nitrogens is 3. The van der Waals surface area contributed by atoms with Crippen LogP contribution in [0.4, 0.5) is 0 Å². The maximum Gasteiger partial charge on any atom is 0.155 e. The maximum absolute atomic E-state index is 4.25. The van der Waals surface area contributed by atoms with Gasteiger partial charge in [-0.3, -0.25) is 9.98 Å². The third kappa shape index (κ3) is 4.37. The van der Waals surface area contributed by atoms with Gasteiger partial charge in [-0.1, -0.05) is 6.07 Å². The van der Waals surface area contributed by atoms with E-state index < -0.39 is 0 Å². The summed E-state index contributed by atoms with van der Waals surface area (Å²) in [5, 5.41) is 4.12. The van der Waals surface area contributed by atoms with Crippen LogP contribution in [0, 0.1) is 6.92 Å². The first-order valence-corrected chi connectivity index (χ1v) is 6.96. The fourth-order valence-electron chi connectivity index (χ4n) is 1.80. The highest BCUT2D eigenvalue weighted by Gasteiger charge is 1.99. The van der Waals surface area contributed by atoms with E-state index in [1.54, 1.807) is 4.52 Å². The maximum atomic E-state index is 4.25. The second kappa shape index (κ2) is 7.31. The van der Waals surface area contributed by atoms with Crippen molar-refractivity contribution in [1.29, 1.82) is 0 Å². The van der Waals surface area contributed by atoms with Gasteiger partial charge in [-0.15, -0.1) is 0 Å².